The molecule has 0 aliphatic carbocycles. The minimum absolute atomic E-state index is 0.00832. The largest absolute Gasteiger partial charge is 0.324 e. The van der Waals surface area contributed by atoms with E-state index in [4.69, 9.17) is 0 Å². The SMILES string of the molecule is Cc1ccc(NC(=O)CN2C(=O)CSC=C2c2ccccc2)cc1Br. The van der Waals surface area contributed by atoms with Gasteiger partial charge in [0, 0.05) is 10.2 Å². The first kappa shape index (κ1) is 17.8. The summed E-state index contributed by atoms with van der Waals surface area (Å²) in [6.45, 7) is 1.97. The highest BCUT2D eigenvalue weighted by molar-refractivity contribution is 9.10. The minimum Gasteiger partial charge on any atom is -0.324 e. The molecule has 0 spiro atoms. The van der Waals surface area contributed by atoms with Gasteiger partial charge in [0.15, 0.2) is 0 Å². The van der Waals surface area contributed by atoms with Crippen LogP contribution in [0.2, 0.25) is 0 Å². The van der Waals surface area contributed by atoms with Crippen LogP contribution >= 0.6 is 27.7 Å². The van der Waals surface area contributed by atoms with Crippen molar-refractivity contribution in [1.82, 2.24) is 4.90 Å². The highest BCUT2D eigenvalue weighted by Crippen LogP contribution is 2.28. The lowest BCUT2D eigenvalue weighted by Crippen LogP contribution is -2.39. The van der Waals surface area contributed by atoms with Gasteiger partial charge < -0.3 is 10.2 Å². The molecule has 2 amide bonds. The van der Waals surface area contributed by atoms with Gasteiger partial charge in [-0.3, -0.25) is 9.59 Å². The fraction of sp³-hybridized carbons (Fsp3) is 0.158. The molecule has 0 fully saturated rings. The smallest absolute Gasteiger partial charge is 0.244 e. The maximum absolute atomic E-state index is 12.4. The molecule has 1 N–H and O–H groups in total. The fourth-order valence-electron chi connectivity index (χ4n) is 2.49. The summed E-state index contributed by atoms with van der Waals surface area (Å²) < 4.78 is 0.931. The first-order valence-corrected chi connectivity index (χ1v) is 9.62. The van der Waals surface area contributed by atoms with E-state index in [-0.39, 0.29) is 18.4 Å². The Morgan fingerprint density at radius 3 is 2.72 bits per heavy atom. The summed E-state index contributed by atoms with van der Waals surface area (Å²) in [6.07, 6.45) is 0. The van der Waals surface area contributed by atoms with Crippen molar-refractivity contribution in [1.29, 1.82) is 0 Å². The molecule has 0 saturated carbocycles. The average Bonchev–Trinajstić information content (AvgIpc) is 2.61. The van der Waals surface area contributed by atoms with Crippen molar-refractivity contribution < 1.29 is 9.59 Å². The topological polar surface area (TPSA) is 49.4 Å². The van der Waals surface area contributed by atoms with Crippen molar-refractivity contribution in [2.75, 3.05) is 17.6 Å². The number of rotatable bonds is 4. The van der Waals surface area contributed by atoms with Crippen molar-refractivity contribution >= 4 is 50.9 Å². The van der Waals surface area contributed by atoms with E-state index in [0.29, 0.717) is 11.4 Å². The molecule has 6 heteroatoms. The Hall–Kier alpha value is -2.05. The van der Waals surface area contributed by atoms with Crippen LogP contribution in [0, 0.1) is 6.92 Å². The highest BCUT2D eigenvalue weighted by Gasteiger charge is 2.25. The molecule has 0 bridgehead atoms. The van der Waals surface area contributed by atoms with Gasteiger partial charge in [0.25, 0.3) is 0 Å². The molecular formula is C19H17BrN2O2S. The van der Waals surface area contributed by atoms with Crippen LogP contribution in [0.25, 0.3) is 5.70 Å². The number of nitrogens with one attached hydrogen (secondary N) is 1. The third kappa shape index (κ3) is 4.32. The van der Waals surface area contributed by atoms with Gasteiger partial charge in [0.05, 0.1) is 11.4 Å². The summed E-state index contributed by atoms with van der Waals surface area (Å²) >= 11 is 4.91. The van der Waals surface area contributed by atoms with Crippen LogP contribution in [-0.4, -0.2) is 29.0 Å². The first-order valence-electron chi connectivity index (χ1n) is 7.78. The van der Waals surface area contributed by atoms with Gasteiger partial charge in [-0.05, 0) is 35.6 Å². The van der Waals surface area contributed by atoms with Crippen molar-refractivity contribution in [3.63, 3.8) is 0 Å². The molecule has 0 atom stereocenters. The molecule has 0 saturated heterocycles. The third-order valence-electron chi connectivity index (χ3n) is 3.82. The molecule has 2 aromatic carbocycles. The molecule has 1 heterocycles. The van der Waals surface area contributed by atoms with Crippen LogP contribution in [-0.2, 0) is 9.59 Å². The van der Waals surface area contributed by atoms with Crippen LogP contribution in [0.15, 0.2) is 58.4 Å². The second-order valence-electron chi connectivity index (χ2n) is 5.67. The number of nitrogens with zero attached hydrogens (tertiary/aromatic N) is 1. The van der Waals surface area contributed by atoms with E-state index in [0.717, 1.165) is 21.3 Å². The van der Waals surface area contributed by atoms with E-state index in [1.54, 1.807) is 4.90 Å². The number of aryl methyl sites for hydroxylation is 1. The molecule has 4 nitrogen and oxygen atoms in total. The number of hydrogen-bond acceptors (Lipinski definition) is 3. The van der Waals surface area contributed by atoms with Crippen molar-refractivity contribution in [2.45, 2.75) is 6.92 Å². The lowest BCUT2D eigenvalue weighted by atomic mass is 10.1. The van der Waals surface area contributed by atoms with Crippen molar-refractivity contribution in [2.24, 2.45) is 0 Å². The summed E-state index contributed by atoms with van der Waals surface area (Å²) in [5, 5.41) is 4.79. The summed E-state index contributed by atoms with van der Waals surface area (Å²) in [4.78, 5) is 26.3. The second kappa shape index (κ2) is 7.89. The third-order valence-corrected chi connectivity index (χ3v) is 5.48. The Kier molecular flexibility index (Phi) is 5.60. The number of thioether (sulfide) groups is 1. The second-order valence-corrected chi connectivity index (χ2v) is 7.38. The molecule has 0 unspecified atom stereocenters. The summed E-state index contributed by atoms with van der Waals surface area (Å²) in [7, 11) is 0. The molecular weight excluding hydrogens is 400 g/mol. The number of carbonyl (C=O) groups excluding carboxylic acids is 2. The Morgan fingerprint density at radius 1 is 1.24 bits per heavy atom. The summed E-state index contributed by atoms with van der Waals surface area (Å²) in [5.74, 6) is 0.0593. The molecule has 0 radical (unpaired) electrons. The van der Waals surface area contributed by atoms with E-state index in [1.807, 2.05) is 60.9 Å². The average molecular weight is 417 g/mol. The molecule has 128 valence electrons. The monoisotopic (exact) mass is 416 g/mol. The Labute approximate surface area is 159 Å². The van der Waals surface area contributed by atoms with Gasteiger partial charge in [0.1, 0.15) is 6.54 Å². The van der Waals surface area contributed by atoms with Crippen LogP contribution in [0.5, 0.6) is 0 Å². The van der Waals surface area contributed by atoms with Crippen LogP contribution in [0.3, 0.4) is 0 Å². The molecule has 1 aliphatic heterocycles. The Bertz CT molecular complexity index is 837. The zero-order valence-electron chi connectivity index (χ0n) is 13.7. The maximum Gasteiger partial charge on any atom is 0.244 e. The molecule has 25 heavy (non-hydrogen) atoms. The predicted molar refractivity (Wildman–Crippen MR) is 106 cm³/mol. The summed E-state index contributed by atoms with van der Waals surface area (Å²) in [6, 6.07) is 15.3. The minimum atomic E-state index is -0.224. The van der Waals surface area contributed by atoms with Gasteiger partial charge in [-0.2, -0.15) is 0 Å². The van der Waals surface area contributed by atoms with Crippen LogP contribution in [0.4, 0.5) is 5.69 Å². The molecule has 0 aromatic heterocycles. The molecule has 2 aromatic rings. The van der Waals surface area contributed by atoms with Gasteiger partial charge >= 0.3 is 0 Å². The van der Waals surface area contributed by atoms with Crippen LogP contribution in [0.1, 0.15) is 11.1 Å². The van der Waals surface area contributed by atoms with E-state index in [1.165, 1.54) is 11.8 Å². The molecule has 3 rings (SSSR count). The summed E-state index contributed by atoms with van der Waals surface area (Å²) in [5.41, 5.74) is 3.48. The Morgan fingerprint density at radius 2 is 2.00 bits per heavy atom. The van der Waals surface area contributed by atoms with Gasteiger partial charge in [-0.25, -0.2) is 0 Å². The van der Waals surface area contributed by atoms with Crippen LogP contribution < -0.4 is 5.32 Å². The zero-order valence-corrected chi connectivity index (χ0v) is 16.1. The predicted octanol–water partition coefficient (Wildman–Crippen LogP) is 4.27. The molecule has 1 aliphatic rings. The van der Waals surface area contributed by atoms with Gasteiger partial charge in [-0.15, -0.1) is 11.8 Å². The number of hydrogen-bond donors (Lipinski definition) is 1. The normalized spacial score (nSPS) is 14.2. The number of anilines is 1. The van der Waals surface area contributed by atoms with Crippen molar-refractivity contribution in [3.8, 4) is 0 Å². The van der Waals surface area contributed by atoms with Gasteiger partial charge in [0.2, 0.25) is 11.8 Å². The standard InChI is InChI=1S/C19H17BrN2O2S/c1-13-7-8-15(9-16(13)20)21-18(23)10-22-17(11-25-12-19(22)24)14-5-3-2-4-6-14/h2-9,11H,10,12H2,1H3,(H,21,23). The van der Waals surface area contributed by atoms with E-state index in [2.05, 4.69) is 21.2 Å². The van der Waals surface area contributed by atoms with Crippen molar-refractivity contribution in [3.05, 3.63) is 69.5 Å². The lowest BCUT2D eigenvalue weighted by molar-refractivity contribution is -0.129. The number of halogens is 1. The van der Waals surface area contributed by atoms with E-state index in [9.17, 15) is 9.59 Å². The van der Waals surface area contributed by atoms with E-state index < -0.39 is 0 Å². The number of amides is 2. The van der Waals surface area contributed by atoms with E-state index >= 15 is 0 Å². The first-order chi connectivity index (χ1) is 12.0. The number of carbonyl (C=O) groups is 2. The highest BCUT2D eigenvalue weighted by atomic mass is 79.9. The number of benzene rings is 2. The fourth-order valence-corrected chi connectivity index (χ4v) is 3.67. The maximum atomic E-state index is 12.4. The lowest BCUT2D eigenvalue weighted by Gasteiger charge is -2.28. The van der Waals surface area contributed by atoms with Gasteiger partial charge in [-0.1, -0.05) is 52.3 Å². The quantitative estimate of drug-likeness (QED) is 0.809. The zero-order chi connectivity index (χ0) is 17.8. The Balaban J connectivity index is 1.75.